The molecule has 0 spiro atoms. The number of aliphatic imine (C=N–C) groups is 1. The number of halogens is 1. The van der Waals surface area contributed by atoms with Crippen LogP contribution in [0.5, 0.6) is 0 Å². The van der Waals surface area contributed by atoms with E-state index in [1.54, 1.807) is 10.6 Å². The molecule has 0 atom stereocenters. The van der Waals surface area contributed by atoms with Gasteiger partial charge in [-0.25, -0.2) is 14.4 Å². The smallest absolute Gasteiger partial charge is 0.266 e. The minimum Gasteiger partial charge on any atom is -0.294 e. The lowest BCUT2D eigenvalue weighted by atomic mass is 10.2. The van der Waals surface area contributed by atoms with E-state index in [0.29, 0.717) is 34.4 Å². The highest BCUT2D eigenvalue weighted by atomic mass is 79.9. The molecule has 7 nitrogen and oxygen atoms in total. The first-order chi connectivity index (χ1) is 11.7. The number of rotatable bonds is 5. The second-order valence-corrected chi connectivity index (χ2v) is 7.44. The first kappa shape index (κ1) is 15.6. The molecule has 0 bridgehead atoms. The lowest BCUT2D eigenvalue weighted by Crippen LogP contribution is -2.22. The van der Waals surface area contributed by atoms with Gasteiger partial charge in [0.25, 0.3) is 5.56 Å². The van der Waals surface area contributed by atoms with Crippen LogP contribution in [-0.2, 0) is 13.0 Å². The molecule has 4 rings (SSSR count). The molecular weight excluding hydrogens is 392 g/mol. The molecule has 0 unspecified atom stereocenters. The van der Waals surface area contributed by atoms with Gasteiger partial charge in [0.2, 0.25) is 11.6 Å². The maximum Gasteiger partial charge on any atom is 0.266 e. The van der Waals surface area contributed by atoms with Gasteiger partial charge in [-0.3, -0.25) is 9.36 Å². The number of aryl methyl sites for hydroxylation is 1. The molecule has 0 saturated heterocycles. The zero-order chi connectivity index (χ0) is 16.7. The summed E-state index contributed by atoms with van der Waals surface area (Å²) >= 11 is 4.87. The highest BCUT2D eigenvalue weighted by Crippen LogP contribution is 2.29. The van der Waals surface area contributed by atoms with Gasteiger partial charge < -0.3 is 0 Å². The molecule has 3 aromatic rings. The summed E-state index contributed by atoms with van der Waals surface area (Å²) in [4.78, 5) is 21.8. The highest BCUT2D eigenvalue weighted by Gasteiger charge is 2.26. The van der Waals surface area contributed by atoms with E-state index in [-0.39, 0.29) is 5.56 Å². The summed E-state index contributed by atoms with van der Waals surface area (Å²) < 4.78 is 4.35. The van der Waals surface area contributed by atoms with Crippen LogP contribution in [0.15, 0.2) is 21.4 Å². The Kier molecular flexibility index (Phi) is 4.05. The van der Waals surface area contributed by atoms with Gasteiger partial charge in [0.15, 0.2) is 5.01 Å². The van der Waals surface area contributed by atoms with Gasteiger partial charge >= 0.3 is 0 Å². The molecule has 0 amide bonds. The van der Waals surface area contributed by atoms with Crippen LogP contribution in [0.2, 0.25) is 0 Å². The molecule has 3 aromatic heterocycles. The molecule has 1 aliphatic rings. The van der Waals surface area contributed by atoms with E-state index < -0.39 is 0 Å². The molecular formula is C15H15BrN6OS. The maximum absolute atomic E-state index is 13.0. The first-order valence-corrected chi connectivity index (χ1v) is 9.51. The van der Waals surface area contributed by atoms with E-state index >= 15 is 0 Å². The maximum atomic E-state index is 13.0. The van der Waals surface area contributed by atoms with Gasteiger partial charge in [-0.15, -0.1) is 21.5 Å². The average Bonchev–Trinajstić information content (AvgIpc) is 3.28. The minimum atomic E-state index is -0.111. The molecule has 0 aromatic carbocycles. The molecule has 24 heavy (non-hydrogen) atoms. The van der Waals surface area contributed by atoms with E-state index in [9.17, 15) is 4.79 Å². The van der Waals surface area contributed by atoms with Crippen molar-refractivity contribution in [2.24, 2.45) is 4.99 Å². The van der Waals surface area contributed by atoms with Gasteiger partial charge in [-0.05, 0) is 22.4 Å². The van der Waals surface area contributed by atoms with Crippen molar-refractivity contribution in [3.63, 3.8) is 0 Å². The van der Waals surface area contributed by atoms with Crippen molar-refractivity contribution < 1.29 is 0 Å². The monoisotopic (exact) mass is 406 g/mol. The molecule has 9 heteroatoms. The Labute approximate surface area is 150 Å². The van der Waals surface area contributed by atoms with Crippen molar-refractivity contribution in [2.75, 3.05) is 0 Å². The van der Waals surface area contributed by atoms with Gasteiger partial charge in [-0.1, -0.05) is 19.8 Å². The molecule has 4 heterocycles. The summed E-state index contributed by atoms with van der Waals surface area (Å²) in [6, 6.07) is 0. The Balaban J connectivity index is 1.96. The van der Waals surface area contributed by atoms with E-state index in [0.717, 1.165) is 30.4 Å². The molecule has 0 radical (unpaired) electrons. The fourth-order valence-corrected chi connectivity index (χ4v) is 3.97. The predicted octanol–water partition coefficient (Wildman–Crippen LogP) is 3.19. The Hall–Kier alpha value is -1.87. The summed E-state index contributed by atoms with van der Waals surface area (Å²) in [5, 5.41) is 11.1. The number of nitrogens with zero attached hydrogens (tertiary/aromatic N) is 6. The zero-order valence-corrected chi connectivity index (χ0v) is 15.5. The second-order valence-electron chi connectivity index (χ2n) is 5.63. The van der Waals surface area contributed by atoms with E-state index in [1.807, 2.05) is 9.95 Å². The summed E-state index contributed by atoms with van der Waals surface area (Å²) in [6.45, 7) is 2.93. The lowest BCUT2D eigenvalue weighted by molar-refractivity contribution is 0.603. The number of thiazole rings is 1. The number of unbranched alkanes of at least 4 members (excludes halogenated alkanes) is 2. The highest BCUT2D eigenvalue weighted by molar-refractivity contribution is 9.18. The molecule has 0 saturated carbocycles. The van der Waals surface area contributed by atoms with Crippen molar-refractivity contribution in [1.82, 2.24) is 24.1 Å². The van der Waals surface area contributed by atoms with Crippen molar-refractivity contribution in [1.29, 1.82) is 0 Å². The van der Waals surface area contributed by atoms with Crippen LogP contribution in [0.4, 0.5) is 5.82 Å². The Bertz CT molecular complexity index is 988. The minimum absolute atomic E-state index is 0.111. The van der Waals surface area contributed by atoms with Gasteiger partial charge in [0, 0.05) is 24.5 Å². The summed E-state index contributed by atoms with van der Waals surface area (Å²) in [6.07, 6.45) is 5.46. The van der Waals surface area contributed by atoms with Crippen LogP contribution >= 0.6 is 27.3 Å². The van der Waals surface area contributed by atoms with Crippen molar-refractivity contribution in [3.8, 4) is 10.8 Å². The third-order valence-corrected chi connectivity index (χ3v) is 5.26. The van der Waals surface area contributed by atoms with Crippen LogP contribution in [0.1, 0.15) is 31.7 Å². The van der Waals surface area contributed by atoms with Crippen molar-refractivity contribution >= 4 is 43.5 Å². The number of hydrogen-bond donors (Lipinski definition) is 0. The standard InChI is InChI=1S/C15H15BrN6OS/c1-2-3-4-6-21-11-9(8-10(16)18-11)14(23)22-12(19-20-15(21)22)13-17-5-7-24-13/h5,7H,2-4,6,8H2,1H3. The van der Waals surface area contributed by atoms with Crippen LogP contribution in [0.3, 0.4) is 0 Å². The summed E-state index contributed by atoms with van der Waals surface area (Å²) in [5.74, 6) is 1.74. The Morgan fingerprint density at radius 2 is 2.21 bits per heavy atom. The predicted molar refractivity (Wildman–Crippen MR) is 97.6 cm³/mol. The van der Waals surface area contributed by atoms with Crippen LogP contribution < -0.4 is 5.56 Å². The zero-order valence-electron chi connectivity index (χ0n) is 13.1. The van der Waals surface area contributed by atoms with E-state index in [1.165, 1.54) is 11.3 Å². The number of fused-ring (bicyclic) bond motifs is 2. The van der Waals surface area contributed by atoms with E-state index in [2.05, 4.69) is 43.0 Å². The second kappa shape index (κ2) is 6.21. The fourth-order valence-electron chi connectivity index (χ4n) is 2.91. The molecule has 0 N–H and O–H groups in total. The third kappa shape index (κ3) is 2.42. The lowest BCUT2D eigenvalue weighted by Gasteiger charge is -2.12. The van der Waals surface area contributed by atoms with Crippen LogP contribution in [0, 0.1) is 0 Å². The largest absolute Gasteiger partial charge is 0.294 e. The fraction of sp³-hybridized carbons (Fsp3) is 0.400. The molecule has 1 aliphatic heterocycles. The van der Waals surface area contributed by atoms with Crippen LogP contribution in [0.25, 0.3) is 16.6 Å². The summed E-state index contributed by atoms with van der Waals surface area (Å²) in [5.41, 5.74) is 0.573. The number of hydrogen-bond acceptors (Lipinski definition) is 6. The number of aromatic nitrogens is 5. The SMILES string of the molecule is CCCCCn1c2c(c(=O)n3c(-c4nccs4)nnc13)CC(Br)=N2. The average molecular weight is 407 g/mol. The topological polar surface area (TPSA) is 77.4 Å². The van der Waals surface area contributed by atoms with Gasteiger partial charge in [-0.2, -0.15) is 0 Å². The third-order valence-electron chi connectivity index (χ3n) is 4.03. The summed E-state index contributed by atoms with van der Waals surface area (Å²) in [7, 11) is 0. The molecule has 0 fully saturated rings. The van der Waals surface area contributed by atoms with Crippen molar-refractivity contribution in [2.45, 2.75) is 39.2 Å². The first-order valence-electron chi connectivity index (χ1n) is 7.84. The Morgan fingerprint density at radius 1 is 1.33 bits per heavy atom. The van der Waals surface area contributed by atoms with Gasteiger partial charge in [0.05, 0.1) is 10.2 Å². The molecule has 0 aliphatic carbocycles. The Morgan fingerprint density at radius 3 is 2.96 bits per heavy atom. The van der Waals surface area contributed by atoms with E-state index in [4.69, 9.17) is 0 Å². The van der Waals surface area contributed by atoms with Gasteiger partial charge in [0.1, 0.15) is 5.82 Å². The van der Waals surface area contributed by atoms with Crippen molar-refractivity contribution in [3.05, 3.63) is 27.5 Å². The quantitative estimate of drug-likeness (QED) is 0.609. The molecule has 124 valence electrons. The van der Waals surface area contributed by atoms with Crippen LogP contribution in [-0.4, -0.2) is 28.8 Å². The normalized spacial score (nSPS) is 13.5.